The van der Waals surface area contributed by atoms with Crippen molar-refractivity contribution < 1.29 is 23.7 Å². The normalized spacial score (nSPS) is 25.2. The van der Waals surface area contributed by atoms with Gasteiger partial charge in [-0.3, -0.25) is 5.73 Å². The average molecular weight is 460 g/mol. The van der Waals surface area contributed by atoms with Crippen molar-refractivity contribution in [3.63, 3.8) is 0 Å². The van der Waals surface area contributed by atoms with E-state index in [1.807, 2.05) is 18.2 Å². The molecule has 1 aliphatic carbocycles. The molecule has 2 N–H and O–H groups in total. The molecule has 3 aliphatic rings. The Balaban J connectivity index is 1.91. The molecule has 29 heavy (non-hydrogen) atoms. The van der Waals surface area contributed by atoms with E-state index in [9.17, 15) is 10.1 Å². The monoisotopic (exact) mass is 459 g/mol. The van der Waals surface area contributed by atoms with Crippen molar-refractivity contribution in [1.82, 2.24) is 4.90 Å². The number of nitriles is 1. The molecular weight excluding hydrogens is 442 g/mol. The maximum absolute atomic E-state index is 12.1. The van der Waals surface area contributed by atoms with Crippen molar-refractivity contribution in [2.75, 3.05) is 14.2 Å². The van der Waals surface area contributed by atoms with Crippen molar-refractivity contribution in [3.05, 3.63) is 56.9 Å². The van der Waals surface area contributed by atoms with Crippen LogP contribution in [0.2, 0.25) is 0 Å². The molecule has 0 bridgehead atoms. The summed E-state index contributed by atoms with van der Waals surface area (Å²) in [6, 6.07) is 3.72. The number of nitrogens with zero attached hydrogens (tertiary/aromatic N) is 2. The molecule has 150 valence electrons. The molecule has 9 heteroatoms. The Morgan fingerprint density at radius 2 is 2.03 bits per heavy atom. The summed E-state index contributed by atoms with van der Waals surface area (Å²) in [5.41, 5.74) is 8.63. The fraction of sp³-hybridized carbons (Fsp3) is 0.300. The van der Waals surface area contributed by atoms with E-state index in [0.29, 0.717) is 33.0 Å². The first-order chi connectivity index (χ1) is 13.9. The van der Waals surface area contributed by atoms with E-state index in [2.05, 4.69) is 22.1 Å². The Hall–Kier alpha value is -2.96. The zero-order chi connectivity index (χ0) is 20.9. The first-order valence-electron chi connectivity index (χ1n) is 8.77. The maximum Gasteiger partial charge on any atom is 0.334 e. The second-order valence-electron chi connectivity index (χ2n) is 6.72. The van der Waals surface area contributed by atoms with E-state index in [1.165, 1.54) is 4.90 Å². The van der Waals surface area contributed by atoms with Crippen LogP contribution < -0.4 is 15.2 Å². The smallest absolute Gasteiger partial charge is 0.334 e. The van der Waals surface area contributed by atoms with Gasteiger partial charge in [-0.15, -0.1) is 0 Å². The predicted molar refractivity (Wildman–Crippen MR) is 105 cm³/mol. The van der Waals surface area contributed by atoms with Gasteiger partial charge in [-0.25, -0.2) is 9.69 Å². The quantitative estimate of drug-likeness (QED) is 0.542. The number of halogens is 1. The van der Waals surface area contributed by atoms with Gasteiger partial charge in [0.15, 0.2) is 29.6 Å². The van der Waals surface area contributed by atoms with Gasteiger partial charge >= 0.3 is 5.97 Å². The zero-order valence-electron chi connectivity index (χ0n) is 15.9. The minimum Gasteiger partial charge on any atom is -0.493 e. The Morgan fingerprint density at radius 3 is 2.69 bits per heavy atom. The Kier molecular flexibility index (Phi) is 4.76. The van der Waals surface area contributed by atoms with Crippen LogP contribution in [0.15, 0.2) is 51.4 Å². The van der Waals surface area contributed by atoms with Gasteiger partial charge in [-0.1, -0.05) is 6.08 Å². The third-order valence-corrected chi connectivity index (χ3v) is 5.65. The van der Waals surface area contributed by atoms with Crippen LogP contribution >= 0.6 is 15.9 Å². The van der Waals surface area contributed by atoms with Gasteiger partial charge < -0.3 is 18.9 Å². The van der Waals surface area contributed by atoms with E-state index >= 15 is 0 Å². The molecule has 1 aromatic carbocycles. The van der Waals surface area contributed by atoms with Crippen molar-refractivity contribution in [1.29, 1.82) is 5.26 Å². The third kappa shape index (κ3) is 2.96. The van der Waals surface area contributed by atoms with E-state index in [1.54, 1.807) is 27.2 Å². The summed E-state index contributed by atoms with van der Waals surface area (Å²) >= 11 is 3.51. The van der Waals surface area contributed by atoms with E-state index in [-0.39, 0.29) is 5.92 Å². The molecular formula is C20H18BrN3O5. The number of benzene rings is 1. The van der Waals surface area contributed by atoms with E-state index in [4.69, 9.17) is 24.7 Å². The Morgan fingerprint density at radius 1 is 1.28 bits per heavy atom. The van der Waals surface area contributed by atoms with Gasteiger partial charge in [-0.05, 0) is 52.2 Å². The lowest BCUT2D eigenvalue weighted by Crippen LogP contribution is -2.35. The molecule has 0 amide bonds. The molecule has 1 aromatic rings. The number of rotatable bonds is 3. The molecule has 0 saturated heterocycles. The lowest BCUT2D eigenvalue weighted by atomic mass is 9.84. The minimum absolute atomic E-state index is 0.365. The molecule has 0 aromatic heterocycles. The topological polar surface area (TPSA) is 107 Å². The molecule has 0 spiro atoms. The number of hydrogen-bond donors (Lipinski definition) is 1. The van der Waals surface area contributed by atoms with E-state index < -0.39 is 18.4 Å². The second-order valence-corrected chi connectivity index (χ2v) is 7.58. The summed E-state index contributed by atoms with van der Waals surface area (Å²) in [6.45, 7) is 1.69. The second kappa shape index (κ2) is 7.13. The first kappa shape index (κ1) is 19.4. The zero-order valence-corrected chi connectivity index (χ0v) is 17.5. The number of methoxy groups -OCH3 is 2. The minimum atomic E-state index is -0.991. The Bertz CT molecular complexity index is 1040. The van der Waals surface area contributed by atoms with Crippen molar-refractivity contribution in [3.8, 4) is 17.7 Å². The summed E-state index contributed by atoms with van der Waals surface area (Å²) < 4.78 is 22.9. The molecule has 2 aliphatic heterocycles. The molecule has 2 heterocycles. The number of carbonyl (C=O) groups is 1. The van der Waals surface area contributed by atoms with Crippen LogP contribution in [0.3, 0.4) is 0 Å². The van der Waals surface area contributed by atoms with Crippen molar-refractivity contribution >= 4 is 21.9 Å². The average Bonchev–Trinajstić information content (AvgIpc) is 3.04. The lowest BCUT2D eigenvalue weighted by Gasteiger charge is -2.31. The van der Waals surface area contributed by atoms with Crippen LogP contribution in [0.25, 0.3) is 0 Å². The summed E-state index contributed by atoms with van der Waals surface area (Å²) in [6.07, 6.45) is 4.06. The summed E-state index contributed by atoms with van der Waals surface area (Å²) in [5.74, 6) is 0.656. The van der Waals surface area contributed by atoms with Gasteiger partial charge in [0.2, 0.25) is 6.35 Å². The van der Waals surface area contributed by atoms with Crippen LogP contribution in [0, 0.1) is 11.5 Å². The van der Waals surface area contributed by atoms with Gasteiger partial charge in [0.25, 0.3) is 0 Å². The number of fused-ring (bicyclic) bond motifs is 2. The van der Waals surface area contributed by atoms with Crippen LogP contribution in [-0.2, 0) is 14.3 Å². The number of ether oxygens (including phenoxy) is 4. The molecule has 3 atom stereocenters. The SMILES string of the molecule is COc1cc(C2C=C3C=C(C)C(=O)OC3C3=C2N(C#N)C(N)O3)cc(Br)c1OC. The number of allylic oxidation sites excluding steroid dienone is 1. The standard InChI is InChI=1S/C20H18BrN3O5/c1-9-4-11-5-12(10-6-13(21)17(27-3)14(7-10)26-2)15-18(16(11)28-19(9)25)29-20(23)24(15)8-22/h4-7,12,16,20H,23H2,1-3H3. The van der Waals surface area contributed by atoms with Gasteiger partial charge in [0.1, 0.15) is 0 Å². The highest BCUT2D eigenvalue weighted by atomic mass is 79.9. The highest BCUT2D eigenvalue weighted by Crippen LogP contribution is 2.48. The summed E-state index contributed by atoms with van der Waals surface area (Å²) in [4.78, 5) is 13.4. The van der Waals surface area contributed by atoms with Crippen LogP contribution in [0.1, 0.15) is 18.4 Å². The highest BCUT2D eigenvalue weighted by Gasteiger charge is 2.46. The molecule has 4 rings (SSSR count). The third-order valence-electron chi connectivity index (χ3n) is 5.06. The van der Waals surface area contributed by atoms with Gasteiger partial charge in [-0.2, -0.15) is 5.26 Å². The van der Waals surface area contributed by atoms with Crippen LogP contribution in [-0.4, -0.2) is 37.5 Å². The summed E-state index contributed by atoms with van der Waals surface area (Å²) in [7, 11) is 3.11. The fourth-order valence-electron chi connectivity index (χ4n) is 3.74. The van der Waals surface area contributed by atoms with Gasteiger partial charge in [0, 0.05) is 11.5 Å². The molecule has 0 radical (unpaired) electrons. The number of hydrogen-bond acceptors (Lipinski definition) is 8. The van der Waals surface area contributed by atoms with E-state index in [0.717, 1.165) is 11.1 Å². The number of carbonyl (C=O) groups excluding carboxylic acids is 1. The van der Waals surface area contributed by atoms with Crippen molar-refractivity contribution in [2.24, 2.45) is 5.73 Å². The Labute approximate surface area is 175 Å². The van der Waals surface area contributed by atoms with Crippen LogP contribution in [0.4, 0.5) is 0 Å². The maximum atomic E-state index is 12.1. The summed E-state index contributed by atoms with van der Waals surface area (Å²) in [5, 5.41) is 9.66. The van der Waals surface area contributed by atoms with Crippen LogP contribution in [0.5, 0.6) is 11.5 Å². The number of nitrogens with two attached hydrogens (primary N) is 1. The molecule has 0 saturated carbocycles. The molecule has 0 fully saturated rings. The predicted octanol–water partition coefficient (Wildman–Crippen LogP) is 2.63. The van der Waals surface area contributed by atoms with Gasteiger partial charge in [0.05, 0.1) is 24.4 Å². The highest BCUT2D eigenvalue weighted by molar-refractivity contribution is 9.10. The fourth-order valence-corrected chi connectivity index (χ4v) is 4.37. The lowest BCUT2D eigenvalue weighted by molar-refractivity contribution is -0.143. The molecule has 8 nitrogen and oxygen atoms in total. The number of esters is 1. The van der Waals surface area contributed by atoms with Crippen molar-refractivity contribution in [2.45, 2.75) is 25.3 Å². The largest absolute Gasteiger partial charge is 0.493 e. The first-order valence-corrected chi connectivity index (χ1v) is 9.56. The molecule has 3 unspecified atom stereocenters.